The molecule has 0 spiro atoms. The predicted octanol–water partition coefficient (Wildman–Crippen LogP) is 4.90. The maximum Gasteiger partial charge on any atom is 0.277 e. The number of nitrogens with zero attached hydrogens (tertiary/aromatic N) is 3. The van der Waals surface area contributed by atoms with Crippen LogP contribution in [0.1, 0.15) is 10.4 Å². The van der Waals surface area contributed by atoms with Crippen LogP contribution < -0.4 is 15.8 Å². The summed E-state index contributed by atoms with van der Waals surface area (Å²) in [6.45, 7) is 0. The fourth-order valence-corrected chi connectivity index (χ4v) is 3.22. The van der Waals surface area contributed by atoms with Crippen molar-refractivity contribution in [2.24, 2.45) is 0 Å². The van der Waals surface area contributed by atoms with Crippen molar-refractivity contribution >= 4 is 23.2 Å². The predicted molar refractivity (Wildman–Crippen MR) is 127 cm³/mol. The van der Waals surface area contributed by atoms with Gasteiger partial charge in [-0.2, -0.15) is 0 Å². The number of hydrogen-bond donors (Lipinski definition) is 2. The van der Waals surface area contributed by atoms with E-state index in [9.17, 15) is 4.79 Å². The molecular formula is C25H23N5O3. The number of para-hydroxylation sites is 1. The van der Waals surface area contributed by atoms with Gasteiger partial charge in [-0.15, -0.1) is 0 Å². The lowest BCUT2D eigenvalue weighted by Gasteiger charge is -2.16. The Kier molecular flexibility index (Phi) is 6.47. The van der Waals surface area contributed by atoms with Gasteiger partial charge in [-0.25, -0.2) is 15.0 Å². The fourth-order valence-electron chi connectivity index (χ4n) is 3.22. The van der Waals surface area contributed by atoms with Crippen molar-refractivity contribution in [1.29, 1.82) is 0 Å². The van der Waals surface area contributed by atoms with Crippen molar-refractivity contribution in [3.8, 4) is 22.6 Å². The minimum atomic E-state index is -0.266. The van der Waals surface area contributed by atoms with Gasteiger partial charge in [0.05, 0.1) is 12.7 Å². The lowest BCUT2D eigenvalue weighted by molar-refractivity contribution is -0.0756. The van der Waals surface area contributed by atoms with Crippen LogP contribution in [0.4, 0.5) is 17.3 Å². The molecule has 166 valence electrons. The van der Waals surface area contributed by atoms with Gasteiger partial charge in [-0.05, 0) is 48.0 Å². The molecule has 0 saturated heterocycles. The number of carbonyl (C=O) groups excluding carboxylic acids is 1. The summed E-state index contributed by atoms with van der Waals surface area (Å²) in [5.74, 6) is 2.03. The van der Waals surface area contributed by atoms with Crippen molar-refractivity contribution in [1.82, 2.24) is 15.0 Å². The number of benzene rings is 3. The number of carbonyl (C=O) groups is 1. The molecule has 0 saturated carbocycles. The molecule has 33 heavy (non-hydrogen) atoms. The third-order valence-corrected chi connectivity index (χ3v) is 4.93. The Morgan fingerprint density at radius 3 is 2.39 bits per heavy atom. The molecule has 0 aliphatic carbocycles. The summed E-state index contributed by atoms with van der Waals surface area (Å²) in [4.78, 5) is 25.9. The van der Waals surface area contributed by atoms with E-state index in [2.05, 4.69) is 15.3 Å². The summed E-state index contributed by atoms with van der Waals surface area (Å²) in [6.07, 6.45) is 1.39. The monoisotopic (exact) mass is 441 g/mol. The average molecular weight is 441 g/mol. The summed E-state index contributed by atoms with van der Waals surface area (Å²) < 4.78 is 5.87. The number of anilines is 3. The highest BCUT2D eigenvalue weighted by molar-refractivity contribution is 5.95. The van der Waals surface area contributed by atoms with Crippen LogP contribution in [0.3, 0.4) is 0 Å². The minimum Gasteiger partial charge on any atom is -0.457 e. The van der Waals surface area contributed by atoms with Crippen LogP contribution in [0.15, 0.2) is 85.2 Å². The number of ether oxygens (including phenoxy) is 1. The first-order valence-electron chi connectivity index (χ1n) is 10.2. The second-order valence-corrected chi connectivity index (χ2v) is 7.11. The summed E-state index contributed by atoms with van der Waals surface area (Å²) in [5, 5.41) is 4.40. The Morgan fingerprint density at radius 1 is 0.939 bits per heavy atom. The number of hydroxylamine groups is 2. The summed E-state index contributed by atoms with van der Waals surface area (Å²) in [5.41, 5.74) is 8.82. The van der Waals surface area contributed by atoms with E-state index < -0.39 is 0 Å². The van der Waals surface area contributed by atoms with E-state index in [1.807, 2.05) is 60.7 Å². The zero-order valence-electron chi connectivity index (χ0n) is 18.2. The van der Waals surface area contributed by atoms with Crippen molar-refractivity contribution in [2.45, 2.75) is 0 Å². The van der Waals surface area contributed by atoms with Gasteiger partial charge in [0.1, 0.15) is 29.5 Å². The van der Waals surface area contributed by atoms with E-state index in [-0.39, 0.29) is 5.91 Å². The van der Waals surface area contributed by atoms with E-state index >= 15 is 0 Å². The van der Waals surface area contributed by atoms with Gasteiger partial charge < -0.3 is 15.8 Å². The Hall–Kier alpha value is -4.43. The summed E-state index contributed by atoms with van der Waals surface area (Å²) in [6, 6.07) is 24.1. The molecule has 1 amide bonds. The molecule has 0 fully saturated rings. The highest BCUT2D eigenvalue weighted by Gasteiger charge is 2.15. The Balaban J connectivity index is 1.60. The zero-order chi connectivity index (χ0) is 23.2. The number of rotatable bonds is 7. The standard InChI is InChI=1S/C25H23N5O3/c1-30(32-2)25(31)18-7-6-8-19(15-18)29-24-22(23(26)27-16-28-24)17-11-13-21(14-12-17)33-20-9-4-3-5-10-20/h3-16H,1-2H3,(H3,26,27,28,29). The summed E-state index contributed by atoms with van der Waals surface area (Å²) >= 11 is 0. The van der Waals surface area contributed by atoms with Crippen molar-refractivity contribution in [3.63, 3.8) is 0 Å². The van der Waals surface area contributed by atoms with Crippen molar-refractivity contribution < 1.29 is 14.4 Å². The maximum absolute atomic E-state index is 12.4. The maximum atomic E-state index is 12.4. The van der Waals surface area contributed by atoms with E-state index in [1.54, 1.807) is 25.2 Å². The lowest BCUT2D eigenvalue weighted by atomic mass is 10.1. The minimum absolute atomic E-state index is 0.266. The van der Waals surface area contributed by atoms with Crippen LogP contribution in [-0.4, -0.2) is 35.1 Å². The molecule has 0 radical (unpaired) electrons. The molecule has 0 bridgehead atoms. The van der Waals surface area contributed by atoms with Gasteiger partial charge in [-0.1, -0.05) is 36.4 Å². The lowest BCUT2D eigenvalue weighted by Crippen LogP contribution is -2.25. The van der Waals surface area contributed by atoms with E-state index in [1.165, 1.54) is 13.4 Å². The summed E-state index contributed by atoms with van der Waals surface area (Å²) in [7, 11) is 2.99. The van der Waals surface area contributed by atoms with Crippen LogP contribution in [0.25, 0.3) is 11.1 Å². The third-order valence-electron chi connectivity index (χ3n) is 4.93. The van der Waals surface area contributed by atoms with Crippen LogP contribution in [-0.2, 0) is 4.84 Å². The number of nitrogens with two attached hydrogens (primary N) is 1. The van der Waals surface area contributed by atoms with Gasteiger partial charge >= 0.3 is 0 Å². The number of nitrogens with one attached hydrogen (secondary N) is 1. The first kappa shape index (κ1) is 21.8. The van der Waals surface area contributed by atoms with Gasteiger partial charge in [0.25, 0.3) is 5.91 Å². The molecule has 3 aromatic carbocycles. The van der Waals surface area contributed by atoms with Gasteiger partial charge in [0, 0.05) is 18.3 Å². The second-order valence-electron chi connectivity index (χ2n) is 7.11. The Bertz CT molecular complexity index is 1250. The molecule has 4 rings (SSSR count). The van der Waals surface area contributed by atoms with E-state index in [0.717, 1.165) is 16.4 Å². The molecule has 4 aromatic rings. The van der Waals surface area contributed by atoms with E-state index in [0.29, 0.717) is 34.2 Å². The van der Waals surface area contributed by atoms with Gasteiger partial charge in [0.15, 0.2) is 0 Å². The van der Waals surface area contributed by atoms with Crippen LogP contribution >= 0.6 is 0 Å². The molecule has 8 nitrogen and oxygen atoms in total. The largest absolute Gasteiger partial charge is 0.457 e. The van der Waals surface area contributed by atoms with E-state index in [4.69, 9.17) is 15.3 Å². The molecule has 8 heteroatoms. The fraction of sp³-hybridized carbons (Fsp3) is 0.0800. The highest BCUT2D eigenvalue weighted by Crippen LogP contribution is 2.34. The molecule has 1 aromatic heterocycles. The number of amides is 1. The average Bonchev–Trinajstić information content (AvgIpc) is 2.85. The van der Waals surface area contributed by atoms with Crippen molar-refractivity contribution in [2.75, 3.05) is 25.2 Å². The molecule has 0 atom stereocenters. The zero-order valence-corrected chi connectivity index (χ0v) is 18.2. The van der Waals surface area contributed by atoms with Crippen LogP contribution in [0.5, 0.6) is 11.5 Å². The SMILES string of the molecule is CON(C)C(=O)c1cccc(Nc2ncnc(N)c2-c2ccc(Oc3ccccc3)cc2)c1. The Morgan fingerprint density at radius 2 is 1.67 bits per heavy atom. The number of nitrogen functional groups attached to an aromatic ring is 1. The molecule has 3 N–H and O–H groups in total. The second kappa shape index (κ2) is 9.80. The Labute approximate surface area is 191 Å². The number of aromatic nitrogens is 2. The van der Waals surface area contributed by atoms with Crippen LogP contribution in [0, 0.1) is 0 Å². The van der Waals surface area contributed by atoms with Gasteiger partial charge in [-0.3, -0.25) is 9.63 Å². The normalized spacial score (nSPS) is 10.5. The highest BCUT2D eigenvalue weighted by atomic mass is 16.7. The molecule has 0 unspecified atom stereocenters. The molecule has 1 heterocycles. The van der Waals surface area contributed by atoms with Crippen molar-refractivity contribution in [3.05, 3.63) is 90.8 Å². The smallest absolute Gasteiger partial charge is 0.277 e. The first-order chi connectivity index (χ1) is 16.0. The first-order valence-corrected chi connectivity index (χ1v) is 10.2. The topological polar surface area (TPSA) is 103 Å². The molecular weight excluding hydrogens is 418 g/mol. The van der Waals surface area contributed by atoms with Gasteiger partial charge in [0.2, 0.25) is 0 Å². The molecule has 0 aliphatic heterocycles. The number of hydrogen-bond acceptors (Lipinski definition) is 7. The third kappa shape index (κ3) is 5.08. The van der Waals surface area contributed by atoms with Crippen LogP contribution in [0.2, 0.25) is 0 Å². The molecule has 0 aliphatic rings. The quantitative estimate of drug-likeness (QED) is 0.393.